The summed E-state index contributed by atoms with van der Waals surface area (Å²) in [4.78, 5) is 16.0. The molecular formula is C21H20ClN3O6S. The van der Waals surface area contributed by atoms with Crippen LogP contribution in [0.5, 0.6) is 0 Å². The number of rotatable bonds is 6. The molecule has 1 aliphatic heterocycles. The average molecular weight is 478 g/mol. The average Bonchev–Trinajstić information content (AvgIpc) is 2.79. The molecular weight excluding hydrogens is 458 g/mol. The number of hydrogen-bond acceptors (Lipinski definition) is 7. The van der Waals surface area contributed by atoms with E-state index in [1.807, 2.05) is 0 Å². The number of aliphatic hydroxyl groups excluding tert-OH is 1. The molecule has 0 radical (unpaired) electrons. The Balaban J connectivity index is 1.94. The number of anilines is 2. The Kier molecular flexibility index (Phi) is 6.31. The third kappa shape index (κ3) is 4.27. The number of aliphatic hydroxyl groups is 1. The van der Waals surface area contributed by atoms with Gasteiger partial charge in [-0.3, -0.25) is 4.98 Å². The van der Waals surface area contributed by atoms with Crippen LogP contribution in [0.15, 0.2) is 47.5 Å². The minimum Gasteiger partial charge on any atom is -0.478 e. The molecule has 1 aromatic heterocycles. The molecule has 9 nitrogen and oxygen atoms in total. The van der Waals surface area contributed by atoms with Crippen molar-refractivity contribution in [2.75, 3.05) is 31.6 Å². The van der Waals surface area contributed by atoms with Crippen LogP contribution in [-0.2, 0) is 21.4 Å². The fraction of sp³-hybridized carbons (Fsp3) is 0.238. The Morgan fingerprint density at radius 1 is 1.19 bits per heavy atom. The predicted octanol–water partition coefficient (Wildman–Crippen LogP) is 2.84. The van der Waals surface area contributed by atoms with Gasteiger partial charge in [0.1, 0.15) is 4.90 Å². The first kappa shape index (κ1) is 22.4. The van der Waals surface area contributed by atoms with E-state index in [9.17, 15) is 23.4 Å². The van der Waals surface area contributed by atoms with Crippen LogP contribution in [0.2, 0.25) is 5.02 Å². The highest BCUT2D eigenvalue weighted by Gasteiger charge is 2.30. The molecule has 0 saturated carbocycles. The first-order chi connectivity index (χ1) is 15.3. The highest BCUT2D eigenvalue weighted by atomic mass is 35.5. The van der Waals surface area contributed by atoms with Gasteiger partial charge in [0.15, 0.2) is 0 Å². The molecule has 3 N–H and O–H groups in total. The number of carboxylic acids is 1. The molecule has 0 amide bonds. The van der Waals surface area contributed by atoms with E-state index >= 15 is 0 Å². The van der Waals surface area contributed by atoms with Crippen molar-refractivity contribution in [3.05, 3.63) is 58.7 Å². The normalized spacial score (nSPS) is 15.1. The van der Waals surface area contributed by atoms with E-state index in [4.69, 9.17) is 16.3 Å². The number of fused-ring (bicyclic) bond motifs is 1. The maximum absolute atomic E-state index is 13.5. The van der Waals surface area contributed by atoms with E-state index in [-0.39, 0.29) is 54.7 Å². The van der Waals surface area contributed by atoms with Crippen molar-refractivity contribution in [2.24, 2.45) is 0 Å². The fourth-order valence-corrected chi connectivity index (χ4v) is 5.20. The number of carboxylic acid groups (broad SMARTS) is 1. The molecule has 32 heavy (non-hydrogen) atoms. The zero-order valence-electron chi connectivity index (χ0n) is 16.8. The second-order valence-corrected chi connectivity index (χ2v) is 9.49. The molecule has 168 valence electrons. The number of nitrogens with zero attached hydrogens (tertiary/aromatic N) is 2. The van der Waals surface area contributed by atoms with Crippen LogP contribution < -0.4 is 5.32 Å². The van der Waals surface area contributed by atoms with E-state index in [0.717, 1.165) is 0 Å². The summed E-state index contributed by atoms with van der Waals surface area (Å²) in [6.07, 6.45) is 1.25. The van der Waals surface area contributed by atoms with E-state index in [2.05, 4.69) is 10.3 Å². The molecule has 0 atom stereocenters. The Hall–Kier alpha value is -2.76. The second kappa shape index (κ2) is 9.00. The number of hydrogen-bond donors (Lipinski definition) is 3. The molecule has 1 aliphatic rings. The molecule has 2 aromatic carbocycles. The number of sulfonamides is 1. The first-order valence-electron chi connectivity index (χ1n) is 9.71. The van der Waals surface area contributed by atoms with Gasteiger partial charge < -0.3 is 20.3 Å². The Morgan fingerprint density at radius 2 is 1.94 bits per heavy atom. The first-order valence-corrected chi connectivity index (χ1v) is 11.5. The molecule has 0 unspecified atom stereocenters. The number of carbonyl (C=O) groups is 1. The van der Waals surface area contributed by atoms with Crippen molar-refractivity contribution in [1.29, 1.82) is 0 Å². The minimum atomic E-state index is -3.98. The maximum atomic E-state index is 13.5. The number of morpholine rings is 1. The van der Waals surface area contributed by atoms with Gasteiger partial charge in [0.25, 0.3) is 0 Å². The van der Waals surface area contributed by atoms with Gasteiger partial charge in [0.2, 0.25) is 10.0 Å². The molecule has 11 heteroatoms. The van der Waals surface area contributed by atoms with Crippen molar-refractivity contribution in [3.8, 4) is 0 Å². The summed E-state index contributed by atoms with van der Waals surface area (Å²) in [7, 11) is -3.98. The van der Waals surface area contributed by atoms with Crippen LogP contribution in [-0.4, -0.2) is 60.2 Å². The fourth-order valence-electron chi connectivity index (χ4n) is 3.51. The summed E-state index contributed by atoms with van der Waals surface area (Å²) < 4.78 is 33.5. The van der Waals surface area contributed by atoms with Gasteiger partial charge >= 0.3 is 5.97 Å². The maximum Gasteiger partial charge on any atom is 0.337 e. The van der Waals surface area contributed by atoms with Crippen LogP contribution in [0.1, 0.15) is 15.9 Å². The lowest BCUT2D eigenvalue weighted by Gasteiger charge is -2.27. The lowest BCUT2D eigenvalue weighted by molar-refractivity contribution is 0.0698. The molecule has 1 fully saturated rings. The third-order valence-corrected chi connectivity index (χ3v) is 7.29. The molecule has 4 rings (SSSR count). The third-order valence-electron chi connectivity index (χ3n) is 5.14. The van der Waals surface area contributed by atoms with Crippen molar-refractivity contribution < 1.29 is 28.2 Å². The smallest absolute Gasteiger partial charge is 0.337 e. The van der Waals surface area contributed by atoms with Crippen LogP contribution in [0.4, 0.5) is 11.4 Å². The zero-order chi connectivity index (χ0) is 22.9. The quantitative estimate of drug-likeness (QED) is 0.494. The topological polar surface area (TPSA) is 129 Å². The number of aromatic nitrogens is 1. The summed E-state index contributed by atoms with van der Waals surface area (Å²) >= 11 is 6.18. The van der Waals surface area contributed by atoms with Gasteiger partial charge in [-0.15, -0.1) is 0 Å². The van der Waals surface area contributed by atoms with Crippen LogP contribution in [0.3, 0.4) is 0 Å². The Morgan fingerprint density at radius 3 is 2.62 bits per heavy atom. The van der Waals surface area contributed by atoms with Crippen molar-refractivity contribution in [1.82, 2.24) is 9.29 Å². The lowest BCUT2D eigenvalue weighted by atomic mass is 10.1. The van der Waals surface area contributed by atoms with E-state index in [0.29, 0.717) is 21.5 Å². The van der Waals surface area contributed by atoms with Crippen LogP contribution >= 0.6 is 11.6 Å². The lowest BCUT2D eigenvalue weighted by Crippen LogP contribution is -2.40. The predicted molar refractivity (Wildman–Crippen MR) is 119 cm³/mol. The Bertz CT molecular complexity index is 1290. The molecule has 2 heterocycles. The van der Waals surface area contributed by atoms with E-state index in [1.165, 1.54) is 28.7 Å². The van der Waals surface area contributed by atoms with Gasteiger partial charge in [-0.25, -0.2) is 13.2 Å². The number of benzene rings is 2. The molecule has 0 bridgehead atoms. The van der Waals surface area contributed by atoms with Crippen LogP contribution in [0, 0.1) is 0 Å². The number of ether oxygens (including phenoxy) is 1. The monoisotopic (exact) mass is 477 g/mol. The molecule has 3 aromatic rings. The van der Waals surface area contributed by atoms with Crippen molar-refractivity contribution in [2.45, 2.75) is 11.5 Å². The standard InChI is InChI=1S/C21H20ClN3O6S/c22-14-2-4-17-16(10-14)20(24-18-9-13(12-26)1-3-15(18)21(27)28)19(11-23-17)32(29,30)25-5-7-31-8-6-25/h1-4,9-11,26H,5-8,12H2,(H,23,24)(H,27,28). The van der Waals surface area contributed by atoms with Crippen LogP contribution in [0.25, 0.3) is 10.9 Å². The number of aromatic carboxylic acids is 1. The highest BCUT2D eigenvalue weighted by molar-refractivity contribution is 7.89. The number of nitrogens with one attached hydrogen (secondary N) is 1. The summed E-state index contributed by atoms with van der Waals surface area (Å²) in [5.74, 6) is -1.20. The van der Waals surface area contributed by atoms with Gasteiger partial charge in [-0.1, -0.05) is 17.7 Å². The summed E-state index contributed by atoms with van der Waals surface area (Å²) in [6, 6.07) is 9.15. The minimum absolute atomic E-state index is 0.0797. The molecule has 0 aliphatic carbocycles. The Labute approximate surface area is 189 Å². The van der Waals surface area contributed by atoms with Gasteiger partial charge in [0.05, 0.1) is 42.3 Å². The summed E-state index contributed by atoms with van der Waals surface area (Å²) in [5.41, 5.74) is 1.15. The summed E-state index contributed by atoms with van der Waals surface area (Å²) in [5, 5.41) is 22.9. The second-order valence-electron chi connectivity index (χ2n) is 7.14. The van der Waals surface area contributed by atoms with E-state index < -0.39 is 16.0 Å². The zero-order valence-corrected chi connectivity index (χ0v) is 18.4. The molecule has 0 spiro atoms. The largest absolute Gasteiger partial charge is 0.478 e. The van der Waals surface area contributed by atoms with Gasteiger partial charge in [-0.2, -0.15) is 4.31 Å². The van der Waals surface area contributed by atoms with Crippen molar-refractivity contribution in [3.63, 3.8) is 0 Å². The number of pyridine rings is 1. The van der Waals surface area contributed by atoms with Gasteiger partial charge in [-0.05, 0) is 35.9 Å². The number of halogens is 1. The SMILES string of the molecule is O=C(O)c1ccc(CO)cc1Nc1c(S(=O)(=O)N2CCOCC2)cnc2ccc(Cl)cc12. The summed E-state index contributed by atoms with van der Waals surface area (Å²) in [6.45, 7) is 0.620. The molecule has 1 saturated heterocycles. The van der Waals surface area contributed by atoms with Gasteiger partial charge in [0, 0.05) is 29.7 Å². The highest BCUT2D eigenvalue weighted by Crippen LogP contribution is 2.36. The van der Waals surface area contributed by atoms with E-state index in [1.54, 1.807) is 18.2 Å². The van der Waals surface area contributed by atoms with Crippen molar-refractivity contribution >= 4 is 49.9 Å².